The molecule has 3 heteroatoms. The molecule has 25 heavy (non-hydrogen) atoms. The Balaban J connectivity index is 1.40. The quantitative estimate of drug-likeness (QED) is 0.712. The fourth-order valence-corrected chi connectivity index (χ4v) is 6.18. The second-order valence-electron chi connectivity index (χ2n) is 8.77. The van der Waals surface area contributed by atoms with Gasteiger partial charge in [0.1, 0.15) is 6.10 Å². The van der Waals surface area contributed by atoms with E-state index < -0.39 is 0 Å². The minimum atomic E-state index is 0.00138. The van der Waals surface area contributed by atoms with Gasteiger partial charge in [0.15, 0.2) is 0 Å². The van der Waals surface area contributed by atoms with Crippen LogP contribution in [0.4, 0.5) is 0 Å². The molecule has 1 aromatic carbocycles. The minimum Gasteiger partial charge on any atom is -0.457 e. The molecule has 2 heterocycles. The van der Waals surface area contributed by atoms with Crippen LogP contribution >= 0.6 is 0 Å². The van der Waals surface area contributed by atoms with E-state index in [1.165, 1.54) is 69.2 Å². The maximum atomic E-state index is 11.9. The lowest BCUT2D eigenvalue weighted by molar-refractivity contribution is -0.142. The number of likely N-dealkylation sites (tertiary alicyclic amines) is 1. The van der Waals surface area contributed by atoms with Gasteiger partial charge in [0.25, 0.3) is 0 Å². The van der Waals surface area contributed by atoms with Gasteiger partial charge in [-0.1, -0.05) is 43.5 Å². The molecule has 134 valence electrons. The molecule has 5 rings (SSSR count). The summed E-state index contributed by atoms with van der Waals surface area (Å²) in [5.41, 5.74) is 3.06. The molecule has 1 spiro atoms. The van der Waals surface area contributed by atoms with Crippen molar-refractivity contribution in [2.45, 2.75) is 75.3 Å². The minimum absolute atomic E-state index is 0.00138. The number of nitrogens with zero attached hydrogens (tertiary/aromatic N) is 1. The van der Waals surface area contributed by atoms with Crippen LogP contribution in [0.15, 0.2) is 24.3 Å². The third-order valence-corrected chi connectivity index (χ3v) is 7.45. The van der Waals surface area contributed by atoms with Crippen molar-refractivity contribution in [3.8, 4) is 0 Å². The average molecular weight is 339 g/mol. The van der Waals surface area contributed by atoms with Gasteiger partial charge in [-0.15, -0.1) is 0 Å². The SMILES string of the molecule is O=C1CC2CC3(CCN(C4CCCCC4)CC3)c3ccccc3C2O1. The van der Waals surface area contributed by atoms with Crippen LogP contribution in [0.5, 0.6) is 0 Å². The molecule has 0 aromatic heterocycles. The summed E-state index contributed by atoms with van der Waals surface area (Å²) in [7, 11) is 0. The zero-order valence-electron chi connectivity index (χ0n) is 15.1. The molecular formula is C22H29NO2. The van der Waals surface area contributed by atoms with Gasteiger partial charge < -0.3 is 9.64 Å². The third kappa shape index (κ3) is 2.63. The van der Waals surface area contributed by atoms with Gasteiger partial charge in [0.2, 0.25) is 0 Å². The molecule has 0 N–H and O–H groups in total. The van der Waals surface area contributed by atoms with Gasteiger partial charge >= 0.3 is 5.97 Å². The van der Waals surface area contributed by atoms with Crippen LogP contribution in [-0.4, -0.2) is 30.0 Å². The standard InChI is InChI=1S/C22H29NO2/c24-20-14-16-15-22(19-9-5-4-8-18(19)21(16)25-20)10-12-23(13-11-22)17-6-2-1-3-7-17/h4-5,8-9,16-17,21H,1-3,6-7,10-15H2. The highest BCUT2D eigenvalue weighted by Gasteiger charge is 2.50. The van der Waals surface area contributed by atoms with Crippen LogP contribution < -0.4 is 0 Å². The van der Waals surface area contributed by atoms with Crippen LogP contribution in [0, 0.1) is 5.92 Å². The predicted molar refractivity (Wildman–Crippen MR) is 97.4 cm³/mol. The first-order chi connectivity index (χ1) is 12.3. The van der Waals surface area contributed by atoms with E-state index in [1.54, 1.807) is 0 Å². The van der Waals surface area contributed by atoms with E-state index in [4.69, 9.17) is 4.74 Å². The number of piperidine rings is 1. The van der Waals surface area contributed by atoms with Crippen molar-refractivity contribution in [1.82, 2.24) is 4.90 Å². The highest BCUT2D eigenvalue weighted by molar-refractivity contribution is 5.73. The van der Waals surface area contributed by atoms with Crippen LogP contribution in [0.3, 0.4) is 0 Å². The zero-order valence-corrected chi connectivity index (χ0v) is 15.1. The maximum Gasteiger partial charge on any atom is 0.306 e. The number of hydrogen-bond donors (Lipinski definition) is 0. The molecule has 2 saturated heterocycles. The number of benzene rings is 1. The Morgan fingerprint density at radius 3 is 2.60 bits per heavy atom. The van der Waals surface area contributed by atoms with E-state index in [0.29, 0.717) is 12.3 Å². The van der Waals surface area contributed by atoms with Crippen LogP contribution in [-0.2, 0) is 14.9 Å². The van der Waals surface area contributed by atoms with Crippen LogP contribution in [0.1, 0.15) is 75.0 Å². The summed E-state index contributed by atoms with van der Waals surface area (Å²) in [5, 5.41) is 0. The highest BCUT2D eigenvalue weighted by Crippen LogP contribution is 2.54. The van der Waals surface area contributed by atoms with Gasteiger partial charge in [0, 0.05) is 12.0 Å². The lowest BCUT2D eigenvalue weighted by Gasteiger charge is -2.50. The van der Waals surface area contributed by atoms with Crippen molar-refractivity contribution in [2.75, 3.05) is 13.1 Å². The molecule has 3 nitrogen and oxygen atoms in total. The van der Waals surface area contributed by atoms with Crippen molar-refractivity contribution >= 4 is 5.97 Å². The first-order valence-corrected chi connectivity index (χ1v) is 10.3. The lowest BCUT2D eigenvalue weighted by Crippen LogP contribution is -2.49. The molecule has 0 amide bonds. The second-order valence-corrected chi connectivity index (χ2v) is 8.77. The first-order valence-electron chi connectivity index (χ1n) is 10.3. The van der Waals surface area contributed by atoms with E-state index in [0.717, 1.165) is 12.5 Å². The second kappa shape index (κ2) is 6.12. The van der Waals surface area contributed by atoms with Crippen LogP contribution in [0.2, 0.25) is 0 Å². The molecule has 2 aliphatic carbocycles. The maximum absolute atomic E-state index is 11.9. The van der Waals surface area contributed by atoms with E-state index in [1.807, 2.05) is 0 Å². The normalized spacial score (nSPS) is 32.2. The number of rotatable bonds is 1. The Morgan fingerprint density at radius 1 is 1.04 bits per heavy atom. The number of fused-ring (bicyclic) bond motifs is 4. The van der Waals surface area contributed by atoms with Gasteiger partial charge in [-0.2, -0.15) is 0 Å². The molecule has 4 aliphatic rings. The number of carbonyl (C=O) groups excluding carboxylic acids is 1. The Kier molecular flexibility index (Phi) is 3.89. The smallest absolute Gasteiger partial charge is 0.306 e. The molecule has 2 unspecified atom stereocenters. The monoisotopic (exact) mass is 339 g/mol. The molecule has 1 saturated carbocycles. The van der Waals surface area contributed by atoms with Crippen LogP contribution in [0.25, 0.3) is 0 Å². The highest BCUT2D eigenvalue weighted by atomic mass is 16.5. The van der Waals surface area contributed by atoms with Crippen molar-refractivity contribution < 1.29 is 9.53 Å². The molecular weight excluding hydrogens is 310 g/mol. The predicted octanol–water partition coefficient (Wildman–Crippen LogP) is 4.36. The van der Waals surface area contributed by atoms with Crippen molar-refractivity contribution in [3.05, 3.63) is 35.4 Å². The van der Waals surface area contributed by atoms with Gasteiger partial charge in [-0.05, 0) is 61.7 Å². The summed E-state index contributed by atoms with van der Waals surface area (Å²) in [6.45, 7) is 2.45. The molecule has 1 aromatic rings. The topological polar surface area (TPSA) is 29.5 Å². The summed E-state index contributed by atoms with van der Waals surface area (Å²) in [5.74, 6) is 0.394. The van der Waals surface area contributed by atoms with Gasteiger partial charge in [-0.3, -0.25) is 4.79 Å². The fraction of sp³-hybridized carbons (Fsp3) is 0.682. The summed E-state index contributed by atoms with van der Waals surface area (Å²) in [4.78, 5) is 14.7. The van der Waals surface area contributed by atoms with E-state index >= 15 is 0 Å². The average Bonchev–Trinajstić information content (AvgIpc) is 3.03. The van der Waals surface area contributed by atoms with Gasteiger partial charge in [-0.25, -0.2) is 0 Å². The van der Waals surface area contributed by atoms with Gasteiger partial charge in [0.05, 0.1) is 6.42 Å². The third-order valence-electron chi connectivity index (χ3n) is 7.45. The van der Waals surface area contributed by atoms with E-state index in [-0.39, 0.29) is 17.5 Å². The first kappa shape index (κ1) is 15.9. The Bertz CT molecular complexity index is 656. The summed E-state index contributed by atoms with van der Waals surface area (Å²) >= 11 is 0. The molecule has 0 radical (unpaired) electrons. The molecule has 2 atom stereocenters. The molecule has 3 fully saturated rings. The number of ether oxygens (including phenoxy) is 1. The molecule has 2 aliphatic heterocycles. The summed E-state index contributed by atoms with van der Waals surface area (Å²) < 4.78 is 5.69. The summed E-state index contributed by atoms with van der Waals surface area (Å²) in [6.07, 6.45) is 11.3. The number of hydrogen-bond acceptors (Lipinski definition) is 3. The molecule has 0 bridgehead atoms. The van der Waals surface area contributed by atoms with Crippen molar-refractivity contribution in [2.24, 2.45) is 5.92 Å². The zero-order chi connectivity index (χ0) is 16.9. The van der Waals surface area contributed by atoms with Crippen molar-refractivity contribution in [1.29, 1.82) is 0 Å². The van der Waals surface area contributed by atoms with E-state index in [9.17, 15) is 4.79 Å². The number of esters is 1. The Labute approximate surface area is 150 Å². The Hall–Kier alpha value is -1.35. The fourth-order valence-electron chi connectivity index (χ4n) is 6.18. The number of carbonyl (C=O) groups is 1. The summed E-state index contributed by atoms with van der Waals surface area (Å²) in [6, 6.07) is 9.63. The lowest BCUT2D eigenvalue weighted by atomic mass is 9.60. The van der Waals surface area contributed by atoms with Crippen molar-refractivity contribution in [3.63, 3.8) is 0 Å². The Morgan fingerprint density at radius 2 is 1.80 bits per heavy atom. The largest absolute Gasteiger partial charge is 0.457 e. The van der Waals surface area contributed by atoms with E-state index in [2.05, 4.69) is 29.2 Å².